The van der Waals surface area contributed by atoms with Crippen LogP contribution >= 0.6 is 11.3 Å². The summed E-state index contributed by atoms with van der Waals surface area (Å²) >= 11 is 1.27. The predicted octanol–water partition coefficient (Wildman–Crippen LogP) is 2.17. The van der Waals surface area contributed by atoms with E-state index in [0.717, 1.165) is 11.1 Å². The topological polar surface area (TPSA) is 64.1 Å². The first kappa shape index (κ1) is 12.5. The van der Waals surface area contributed by atoms with E-state index in [1.165, 1.54) is 11.3 Å². The zero-order valence-electron chi connectivity index (χ0n) is 10.1. The number of aromatic nitrogens is 2. The minimum absolute atomic E-state index is 0.0382. The number of carbonyl (C=O) groups excluding carboxylic acids is 1. The van der Waals surface area contributed by atoms with E-state index >= 15 is 0 Å². The zero-order chi connectivity index (χ0) is 13.0. The van der Waals surface area contributed by atoms with Crippen molar-refractivity contribution >= 4 is 22.4 Å². The number of hydrogen-bond acceptors (Lipinski definition) is 5. The molecule has 0 saturated heterocycles. The van der Waals surface area contributed by atoms with Crippen molar-refractivity contribution in [3.8, 4) is 5.75 Å². The van der Waals surface area contributed by atoms with Gasteiger partial charge in [-0.1, -0.05) is 29.0 Å². The fraction of sp³-hybridized carbons (Fsp3) is 0.250. The molecule has 0 aliphatic rings. The fourth-order valence-electron chi connectivity index (χ4n) is 1.49. The van der Waals surface area contributed by atoms with Crippen molar-refractivity contribution in [3.05, 3.63) is 34.8 Å². The molecule has 0 aliphatic heterocycles. The Morgan fingerprint density at radius 3 is 2.94 bits per heavy atom. The van der Waals surface area contributed by atoms with Crippen molar-refractivity contribution in [1.29, 1.82) is 0 Å². The number of ether oxygens (including phenoxy) is 1. The number of carbonyl (C=O) groups is 1. The van der Waals surface area contributed by atoms with Gasteiger partial charge in [0.1, 0.15) is 11.3 Å². The maximum atomic E-state index is 11.6. The molecular weight excluding hydrogens is 250 g/mol. The van der Waals surface area contributed by atoms with E-state index in [1.54, 1.807) is 5.51 Å². The lowest BCUT2D eigenvalue weighted by Crippen LogP contribution is -2.20. The van der Waals surface area contributed by atoms with Gasteiger partial charge in [-0.05, 0) is 25.5 Å². The summed E-state index contributed by atoms with van der Waals surface area (Å²) in [5.41, 5.74) is 3.73. The molecule has 1 aromatic heterocycles. The number of amides is 1. The Kier molecular flexibility index (Phi) is 3.88. The minimum atomic E-state index is -0.244. The van der Waals surface area contributed by atoms with Crippen LogP contribution in [0, 0.1) is 13.8 Å². The molecule has 18 heavy (non-hydrogen) atoms. The molecule has 2 rings (SSSR count). The van der Waals surface area contributed by atoms with Crippen molar-refractivity contribution in [2.75, 3.05) is 11.9 Å². The first-order chi connectivity index (χ1) is 8.65. The number of hydrogen-bond donors (Lipinski definition) is 1. The van der Waals surface area contributed by atoms with Crippen LogP contribution in [0.5, 0.6) is 5.75 Å². The summed E-state index contributed by atoms with van der Waals surface area (Å²) in [5, 5.41) is 10.4. The second-order valence-electron chi connectivity index (χ2n) is 3.85. The van der Waals surface area contributed by atoms with Crippen LogP contribution in [0.15, 0.2) is 23.7 Å². The molecule has 0 bridgehead atoms. The van der Waals surface area contributed by atoms with E-state index in [2.05, 4.69) is 15.5 Å². The Hall–Kier alpha value is -1.95. The van der Waals surface area contributed by atoms with Gasteiger partial charge in [-0.2, -0.15) is 0 Å². The summed E-state index contributed by atoms with van der Waals surface area (Å²) in [4.78, 5) is 11.6. The maximum Gasteiger partial charge on any atom is 0.264 e. The van der Waals surface area contributed by atoms with Gasteiger partial charge in [0.2, 0.25) is 5.13 Å². The molecule has 1 aromatic carbocycles. The van der Waals surface area contributed by atoms with Crippen LogP contribution in [0.2, 0.25) is 0 Å². The van der Waals surface area contributed by atoms with Crippen LogP contribution in [0.3, 0.4) is 0 Å². The van der Waals surface area contributed by atoms with Gasteiger partial charge in [0, 0.05) is 0 Å². The molecule has 1 N–H and O–H groups in total. The quantitative estimate of drug-likeness (QED) is 0.918. The molecule has 2 aromatic rings. The highest BCUT2D eigenvalue weighted by molar-refractivity contribution is 7.13. The van der Waals surface area contributed by atoms with Crippen molar-refractivity contribution in [2.45, 2.75) is 13.8 Å². The SMILES string of the molecule is Cc1ccc(OCC(=O)Nc2nncs2)c(C)c1. The molecule has 0 fully saturated rings. The lowest BCUT2D eigenvalue weighted by atomic mass is 10.1. The first-order valence-corrected chi connectivity index (χ1v) is 6.29. The van der Waals surface area contributed by atoms with Gasteiger partial charge in [0.05, 0.1) is 0 Å². The molecule has 0 atom stereocenters. The van der Waals surface area contributed by atoms with Crippen LogP contribution in [0.25, 0.3) is 0 Å². The summed E-state index contributed by atoms with van der Waals surface area (Å²) in [6, 6.07) is 5.83. The normalized spacial score (nSPS) is 10.1. The highest BCUT2D eigenvalue weighted by Gasteiger charge is 2.07. The maximum absolute atomic E-state index is 11.6. The minimum Gasteiger partial charge on any atom is -0.483 e. The van der Waals surface area contributed by atoms with Crippen LogP contribution in [-0.4, -0.2) is 22.7 Å². The number of nitrogens with one attached hydrogen (secondary N) is 1. The van der Waals surface area contributed by atoms with Crippen molar-refractivity contribution < 1.29 is 9.53 Å². The van der Waals surface area contributed by atoms with Crippen LogP contribution < -0.4 is 10.1 Å². The largest absolute Gasteiger partial charge is 0.483 e. The molecule has 94 valence electrons. The second kappa shape index (κ2) is 5.59. The highest BCUT2D eigenvalue weighted by atomic mass is 32.1. The number of anilines is 1. The molecule has 1 heterocycles. The van der Waals surface area contributed by atoms with E-state index in [4.69, 9.17) is 4.74 Å². The Labute approximate surface area is 109 Å². The smallest absolute Gasteiger partial charge is 0.264 e. The van der Waals surface area contributed by atoms with Crippen LogP contribution in [0.4, 0.5) is 5.13 Å². The second-order valence-corrected chi connectivity index (χ2v) is 4.68. The van der Waals surface area contributed by atoms with Gasteiger partial charge in [-0.3, -0.25) is 10.1 Å². The van der Waals surface area contributed by atoms with Gasteiger partial charge in [0.25, 0.3) is 5.91 Å². The molecule has 0 radical (unpaired) electrons. The van der Waals surface area contributed by atoms with E-state index in [0.29, 0.717) is 10.9 Å². The van der Waals surface area contributed by atoms with Crippen molar-refractivity contribution in [1.82, 2.24) is 10.2 Å². The van der Waals surface area contributed by atoms with Gasteiger partial charge in [-0.15, -0.1) is 10.2 Å². The van der Waals surface area contributed by atoms with E-state index in [1.807, 2.05) is 32.0 Å². The summed E-state index contributed by atoms with van der Waals surface area (Å²) in [7, 11) is 0. The Morgan fingerprint density at radius 1 is 1.44 bits per heavy atom. The molecule has 0 saturated carbocycles. The van der Waals surface area contributed by atoms with Crippen molar-refractivity contribution in [3.63, 3.8) is 0 Å². The summed E-state index contributed by atoms with van der Waals surface area (Å²) in [6.45, 7) is 3.92. The summed E-state index contributed by atoms with van der Waals surface area (Å²) < 4.78 is 5.45. The summed E-state index contributed by atoms with van der Waals surface area (Å²) in [5.74, 6) is 0.472. The van der Waals surface area contributed by atoms with Gasteiger partial charge in [-0.25, -0.2) is 0 Å². The average Bonchev–Trinajstić information content (AvgIpc) is 2.80. The number of rotatable bonds is 4. The van der Waals surface area contributed by atoms with E-state index in [9.17, 15) is 4.79 Å². The van der Waals surface area contributed by atoms with Crippen LogP contribution in [0.1, 0.15) is 11.1 Å². The lowest BCUT2D eigenvalue weighted by Gasteiger charge is -2.08. The number of benzene rings is 1. The van der Waals surface area contributed by atoms with Gasteiger partial charge in [0.15, 0.2) is 6.61 Å². The summed E-state index contributed by atoms with van der Waals surface area (Å²) in [6.07, 6.45) is 0. The number of aryl methyl sites for hydroxylation is 2. The first-order valence-electron chi connectivity index (χ1n) is 5.41. The van der Waals surface area contributed by atoms with E-state index in [-0.39, 0.29) is 12.5 Å². The Bertz CT molecular complexity index is 540. The molecule has 0 spiro atoms. The third kappa shape index (κ3) is 3.27. The van der Waals surface area contributed by atoms with E-state index < -0.39 is 0 Å². The number of nitrogens with zero attached hydrogens (tertiary/aromatic N) is 2. The molecule has 5 nitrogen and oxygen atoms in total. The third-order valence-electron chi connectivity index (χ3n) is 2.30. The fourth-order valence-corrected chi connectivity index (χ4v) is 1.95. The Balaban J connectivity index is 1.89. The van der Waals surface area contributed by atoms with Gasteiger partial charge < -0.3 is 4.74 Å². The zero-order valence-corrected chi connectivity index (χ0v) is 11.0. The monoisotopic (exact) mass is 263 g/mol. The average molecular weight is 263 g/mol. The molecule has 6 heteroatoms. The van der Waals surface area contributed by atoms with Crippen molar-refractivity contribution in [2.24, 2.45) is 0 Å². The molecule has 0 unspecified atom stereocenters. The standard InChI is InChI=1S/C12H13N3O2S/c1-8-3-4-10(9(2)5-8)17-6-11(16)14-12-15-13-7-18-12/h3-5,7H,6H2,1-2H3,(H,14,15,16). The van der Waals surface area contributed by atoms with Crippen LogP contribution in [-0.2, 0) is 4.79 Å². The highest BCUT2D eigenvalue weighted by Crippen LogP contribution is 2.18. The molecule has 1 amide bonds. The molecular formula is C12H13N3O2S. The molecule has 0 aliphatic carbocycles. The van der Waals surface area contributed by atoms with Gasteiger partial charge >= 0.3 is 0 Å². The lowest BCUT2D eigenvalue weighted by molar-refractivity contribution is -0.118. The third-order valence-corrected chi connectivity index (χ3v) is 2.90. The Morgan fingerprint density at radius 2 is 2.28 bits per heavy atom. The predicted molar refractivity (Wildman–Crippen MR) is 69.9 cm³/mol.